The van der Waals surface area contributed by atoms with E-state index in [0.717, 1.165) is 42.4 Å². The van der Waals surface area contributed by atoms with Crippen molar-refractivity contribution >= 4 is 39.2 Å². The Morgan fingerprint density at radius 2 is 2.10 bits per heavy atom. The smallest absolute Gasteiger partial charge is 0.262 e. The Hall–Kier alpha value is -2.33. The quantitative estimate of drug-likeness (QED) is 0.554. The number of sulfonamides is 1. The van der Waals surface area contributed by atoms with Crippen molar-refractivity contribution in [1.29, 1.82) is 0 Å². The van der Waals surface area contributed by atoms with Gasteiger partial charge in [-0.3, -0.25) is 14.5 Å². The average Bonchev–Trinajstić information content (AvgIpc) is 3.33. The number of aryl methyl sites for hydroxylation is 1. The third-order valence-electron chi connectivity index (χ3n) is 5.05. The number of aliphatic imine (C=N–C) groups is 1. The van der Waals surface area contributed by atoms with E-state index >= 15 is 0 Å². The van der Waals surface area contributed by atoms with Crippen molar-refractivity contribution in [3.63, 3.8) is 0 Å². The number of amides is 1. The van der Waals surface area contributed by atoms with E-state index in [1.807, 2.05) is 13.8 Å². The number of anilines is 1. The first kappa shape index (κ1) is 23.3. The first-order valence-corrected chi connectivity index (χ1v) is 12.9. The molecular weight excluding hydrogens is 434 g/mol. The highest BCUT2D eigenvalue weighted by atomic mass is 32.2. The van der Waals surface area contributed by atoms with Gasteiger partial charge in [0.2, 0.25) is 5.91 Å². The number of imidazole rings is 1. The number of thioether (sulfide) groups is 1. The fourth-order valence-electron chi connectivity index (χ4n) is 3.22. The number of unbranched alkanes of at least 4 members (excludes halogenated alkanes) is 1. The second-order valence-electron chi connectivity index (χ2n) is 7.47. The Morgan fingerprint density at radius 3 is 2.81 bits per heavy atom. The highest BCUT2D eigenvalue weighted by Gasteiger charge is 2.19. The third-order valence-corrected chi connectivity index (χ3v) is 7.40. The van der Waals surface area contributed by atoms with Gasteiger partial charge in [0.15, 0.2) is 5.16 Å². The number of carbonyl (C=O) groups is 1. The summed E-state index contributed by atoms with van der Waals surface area (Å²) in [6.45, 7) is 7.68. The van der Waals surface area contributed by atoms with Crippen LogP contribution in [0.5, 0.6) is 0 Å². The fourth-order valence-corrected chi connectivity index (χ4v) is 5.27. The van der Waals surface area contributed by atoms with Gasteiger partial charge in [0.25, 0.3) is 10.0 Å². The third kappa shape index (κ3) is 6.10. The lowest BCUT2D eigenvalue weighted by Crippen LogP contribution is -2.29. The average molecular weight is 464 g/mol. The second kappa shape index (κ2) is 10.3. The van der Waals surface area contributed by atoms with E-state index in [1.54, 1.807) is 12.1 Å². The minimum atomic E-state index is -3.72. The van der Waals surface area contributed by atoms with Crippen LogP contribution in [0.1, 0.15) is 44.0 Å². The van der Waals surface area contributed by atoms with Gasteiger partial charge in [-0.1, -0.05) is 31.2 Å². The molecule has 3 rings (SSSR count). The Balaban J connectivity index is 1.63. The molecule has 31 heavy (non-hydrogen) atoms. The van der Waals surface area contributed by atoms with Gasteiger partial charge in [-0.15, -0.1) is 0 Å². The molecule has 0 spiro atoms. The molecule has 168 valence electrons. The maximum atomic E-state index is 12.6. The van der Waals surface area contributed by atoms with Crippen molar-refractivity contribution in [1.82, 2.24) is 14.3 Å². The topological polar surface area (TPSA) is 105 Å². The second-order valence-corrected chi connectivity index (χ2v) is 10.1. The van der Waals surface area contributed by atoms with Gasteiger partial charge in [-0.25, -0.2) is 13.4 Å². The van der Waals surface area contributed by atoms with Crippen LogP contribution in [0.25, 0.3) is 0 Å². The molecule has 10 heteroatoms. The molecule has 0 saturated heterocycles. The number of amidine groups is 1. The molecule has 0 bridgehead atoms. The van der Waals surface area contributed by atoms with Crippen molar-refractivity contribution < 1.29 is 13.2 Å². The molecule has 2 aromatic rings. The highest BCUT2D eigenvalue weighted by Crippen LogP contribution is 2.23. The Morgan fingerprint density at radius 1 is 1.29 bits per heavy atom. The molecule has 0 aliphatic carbocycles. The van der Waals surface area contributed by atoms with Gasteiger partial charge >= 0.3 is 0 Å². The van der Waals surface area contributed by atoms with Crippen molar-refractivity contribution in [2.75, 3.05) is 17.6 Å². The van der Waals surface area contributed by atoms with Gasteiger partial charge in [-0.2, -0.15) is 0 Å². The monoisotopic (exact) mass is 463 g/mol. The number of aromatic nitrogens is 2. The Labute approximate surface area is 188 Å². The lowest BCUT2D eigenvalue weighted by atomic mass is 10.3. The van der Waals surface area contributed by atoms with Crippen LogP contribution in [-0.4, -0.2) is 42.0 Å². The Bertz CT molecular complexity index is 1080. The van der Waals surface area contributed by atoms with Crippen molar-refractivity contribution in [2.24, 2.45) is 4.99 Å². The number of carbonyl (C=O) groups excluding carboxylic acids is 1. The minimum absolute atomic E-state index is 0.0916. The van der Waals surface area contributed by atoms with Crippen LogP contribution in [0.2, 0.25) is 0 Å². The number of nitrogens with one attached hydrogen (secondary N) is 2. The van der Waals surface area contributed by atoms with Crippen LogP contribution in [-0.2, 0) is 21.4 Å². The van der Waals surface area contributed by atoms with Crippen LogP contribution in [0.3, 0.4) is 0 Å². The summed E-state index contributed by atoms with van der Waals surface area (Å²) in [6.07, 6.45) is 3.61. The number of benzene rings is 1. The van der Waals surface area contributed by atoms with Gasteiger partial charge < -0.3 is 9.88 Å². The maximum Gasteiger partial charge on any atom is 0.262 e. The summed E-state index contributed by atoms with van der Waals surface area (Å²) in [5.74, 6) is 0.455. The molecular formula is C21H29N5O3S2. The number of hydrogen-bond acceptors (Lipinski definition) is 6. The number of nitrogens with zero attached hydrogens (tertiary/aromatic N) is 3. The van der Waals surface area contributed by atoms with Gasteiger partial charge in [0.05, 0.1) is 16.3 Å². The predicted molar refractivity (Wildman–Crippen MR) is 124 cm³/mol. The molecule has 0 fully saturated rings. The molecule has 1 aliphatic rings. The molecule has 1 aliphatic heterocycles. The molecule has 0 atom stereocenters. The zero-order chi connectivity index (χ0) is 22.4. The molecule has 1 aromatic heterocycles. The summed E-state index contributed by atoms with van der Waals surface area (Å²) >= 11 is 1.38. The van der Waals surface area contributed by atoms with Crippen molar-refractivity contribution in [3.05, 3.63) is 35.7 Å². The number of rotatable bonds is 9. The van der Waals surface area contributed by atoms with Crippen LogP contribution in [0, 0.1) is 13.8 Å². The van der Waals surface area contributed by atoms with E-state index in [-0.39, 0.29) is 16.6 Å². The first-order valence-electron chi connectivity index (χ1n) is 10.4. The summed E-state index contributed by atoms with van der Waals surface area (Å²) in [4.78, 5) is 21.3. The summed E-state index contributed by atoms with van der Waals surface area (Å²) in [5.41, 5.74) is 2.52. The Kier molecular flexibility index (Phi) is 7.77. The predicted octanol–water partition coefficient (Wildman–Crippen LogP) is 3.50. The molecule has 2 heterocycles. The normalized spacial score (nSPS) is 13.8. The van der Waals surface area contributed by atoms with E-state index < -0.39 is 10.0 Å². The summed E-state index contributed by atoms with van der Waals surface area (Å²) in [6, 6.07) is 6.23. The van der Waals surface area contributed by atoms with Crippen molar-refractivity contribution in [2.45, 2.75) is 63.1 Å². The molecule has 2 N–H and O–H groups in total. The van der Waals surface area contributed by atoms with E-state index in [0.29, 0.717) is 24.5 Å². The van der Waals surface area contributed by atoms with Gasteiger partial charge in [0.1, 0.15) is 5.84 Å². The summed E-state index contributed by atoms with van der Waals surface area (Å²) in [7, 11) is -3.72. The first-order chi connectivity index (χ1) is 14.8. The van der Waals surface area contributed by atoms with Crippen LogP contribution in [0.4, 0.5) is 5.69 Å². The van der Waals surface area contributed by atoms with Gasteiger partial charge in [0, 0.05) is 30.9 Å². The van der Waals surface area contributed by atoms with Crippen LogP contribution >= 0.6 is 11.8 Å². The maximum absolute atomic E-state index is 12.6. The standard InChI is InChI=1S/C21H29N5O3S2/c1-4-5-12-26-16(3)15(2)23-21(26)30-14-20(27)24-17-8-6-9-18(13-17)31(28,29)25-19-10-7-11-22-19/h6,8-9,13H,4-5,7,10-12,14H2,1-3H3,(H,22,25)(H,24,27). The fraction of sp³-hybridized carbons (Fsp3) is 0.476. The zero-order valence-electron chi connectivity index (χ0n) is 18.1. The summed E-state index contributed by atoms with van der Waals surface area (Å²) < 4.78 is 29.8. The van der Waals surface area contributed by atoms with E-state index in [9.17, 15) is 13.2 Å². The van der Waals surface area contributed by atoms with E-state index in [1.165, 1.54) is 23.9 Å². The van der Waals surface area contributed by atoms with Crippen LogP contribution < -0.4 is 10.0 Å². The highest BCUT2D eigenvalue weighted by molar-refractivity contribution is 7.99. The molecule has 1 amide bonds. The lowest BCUT2D eigenvalue weighted by Gasteiger charge is -2.11. The molecule has 0 unspecified atom stereocenters. The molecule has 1 aromatic carbocycles. The van der Waals surface area contributed by atoms with Crippen LogP contribution in [0.15, 0.2) is 39.3 Å². The number of hydrogen-bond donors (Lipinski definition) is 2. The SMILES string of the molecule is CCCCn1c(SCC(=O)Nc2cccc(S(=O)(=O)NC3=NCCC3)c2)nc(C)c1C. The molecule has 0 radical (unpaired) electrons. The largest absolute Gasteiger partial charge is 0.325 e. The molecule has 0 saturated carbocycles. The zero-order valence-corrected chi connectivity index (χ0v) is 19.8. The van der Waals surface area contributed by atoms with E-state index in [2.05, 4.69) is 31.5 Å². The van der Waals surface area contributed by atoms with Crippen molar-refractivity contribution in [3.8, 4) is 0 Å². The minimum Gasteiger partial charge on any atom is -0.325 e. The molecule has 8 nitrogen and oxygen atoms in total. The van der Waals surface area contributed by atoms with E-state index in [4.69, 9.17) is 0 Å². The van der Waals surface area contributed by atoms with Gasteiger partial charge in [-0.05, 0) is 44.9 Å². The lowest BCUT2D eigenvalue weighted by molar-refractivity contribution is -0.113. The summed E-state index contributed by atoms with van der Waals surface area (Å²) in [5, 5.41) is 3.61.